The van der Waals surface area contributed by atoms with Gasteiger partial charge in [0.1, 0.15) is 0 Å². The fourth-order valence-corrected chi connectivity index (χ4v) is 2.06. The molecule has 0 unspecified atom stereocenters. The molecule has 6 heteroatoms. The van der Waals surface area contributed by atoms with Crippen LogP contribution < -0.4 is 10.2 Å². The highest BCUT2D eigenvalue weighted by atomic mass is 32.1. The number of aryl methyl sites for hydroxylation is 1. The van der Waals surface area contributed by atoms with Gasteiger partial charge in [-0.15, -0.1) is 0 Å². The molecule has 2 aromatic rings. The first-order valence-corrected chi connectivity index (χ1v) is 6.88. The molecule has 0 radical (unpaired) electrons. The number of benzene rings is 1. The van der Waals surface area contributed by atoms with Crippen LogP contribution in [-0.4, -0.2) is 14.7 Å². The predicted octanol–water partition coefficient (Wildman–Crippen LogP) is 2.92. The zero-order chi connectivity index (χ0) is 13.8. The van der Waals surface area contributed by atoms with Gasteiger partial charge in [-0.3, -0.25) is 9.98 Å². The van der Waals surface area contributed by atoms with Crippen LogP contribution in [0, 0.1) is 12.3 Å². The molecule has 1 aromatic heterocycles. The molecule has 0 spiro atoms. The van der Waals surface area contributed by atoms with Crippen molar-refractivity contribution in [1.82, 2.24) is 8.94 Å². The van der Waals surface area contributed by atoms with E-state index in [1.54, 1.807) is 4.57 Å². The number of anilines is 1. The van der Waals surface area contributed by atoms with Crippen LogP contribution in [-0.2, 0) is 0 Å². The number of aromatic nitrogens is 2. The van der Waals surface area contributed by atoms with E-state index >= 15 is 0 Å². The first-order chi connectivity index (χ1) is 9.11. The molecule has 0 amide bonds. The highest BCUT2D eigenvalue weighted by molar-refractivity contribution is 7.03. The predicted molar refractivity (Wildman–Crippen MR) is 79.1 cm³/mol. The van der Waals surface area contributed by atoms with Crippen molar-refractivity contribution in [2.24, 2.45) is 5.10 Å². The molecule has 2 rings (SSSR count). The molecule has 0 fully saturated rings. The highest BCUT2D eigenvalue weighted by Crippen LogP contribution is 2.13. The molecule has 0 aliphatic rings. The smallest absolute Gasteiger partial charge is 0.241 e. The first-order valence-electron chi connectivity index (χ1n) is 6.11. The summed E-state index contributed by atoms with van der Waals surface area (Å²) in [5, 5.41) is 12.2. The molecular formula is C13H17N5S. The summed E-state index contributed by atoms with van der Waals surface area (Å²) in [4.78, 5) is 0.371. The molecule has 1 heterocycles. The molecule has 0 saturated carbocycles. The van der Waals surface area contributed by atoms with Crippen molar-refractivity contribution in [2.75, 3.05) is 5.43 Å². The van der Waals surface area contributed by atoms with E-state index in [1.165, 1.54) is 5.56 Å². The van der Waals surface area contributed by atoms with E-state index in [9.17, 15) is 0 Å². The first kappa shape index (κ1) is 13.5. The summed E-state index contributed by atoms with van der Waals surface area (Å²) in [5.41, 5.74) is 6.02. The normalized spacial score (nSPS) is 11.6. The van der Waals surface area contributed by atoms with E-state index < -0.39 is 0 Å². The Bertz CT molecular complexity index is 636. The van der Waals surface area contributed by atoms with Gasteiger partial charge in [0.15, 0.2) is 0 Å². The number of nitrogens with one attached hydrogen (secondary N) is 2. The lowest BCUT2D eigenvalue weighted by Crippen LogP contribution is -2.13. The topological polar surface area (TPSA) is 66.1 Å². The fraction of sp³-hybridized carbons (Fsp3) is 0.308. The van der Waals surface area contributed by atoms with E-state index in [-0.39, 0.29) is 0 Å². The maximum Gasteiger partial charge on any atom is 0.241 e. The Labute approximate surface area is 116 Å². The van der Waals surface area contributed by atoms with Crippen molar-refractivity contribution in [3.8, 4) is 5.69 Å². The van der Waals surface area contributed by atoms with Gasteiger partial charge in [0.2, 0.25) is 10.7 Å². The standard InChI is InChI=1S/C13H17N5S/c1-4-10(3)15-16-13-17-19-12(14)18(13)11-7-5-9(2)6-8-11/h5-8,14H,4H2,1-3H3,(H,16,17)/b14-12?,15-10+. The number of hydrazone groups is 1. The Morgan fingerprint density at radius 2 is 2.11 bits per heavy atom. The maximum atomic E-state index is 7.94. The lowest BCUT2D eigenvalue weighted by atomic mass is 10.2. The average molecular weight is 275 g/mol. The van der Waals surface area contributed by atoms with Crippen molar-refractivity contribution in [2.45, 2.75) is 27.2 Å². The van der Waals surface area contributed by atoms with Crippen molar-refractivity contribution < 1.29 is 0 Å². The van der Waals surface area contributed by atoms with Crippen LogP contribution in [0.15, 0.2) is 29.4 Å². The zero-order valence-electron chi connectivity index (χ0n) is 11.3. The Morgan fingerprint density at radius 1 is 1.42 bits per heavy atom. The van der Waals surface area contributed by atoms with Crippen LogP contribution >= 0.6 is 11.5 Å². The zero-order valence-corrected chi connectivity index (χ0v) is 12.1. The Kier molecular flexibility index (Phi) is 4.11. The highest BCUT2D eigenvalue weighted by Gasteiger charge is 2.07. The third kappa shape index (κ3) is 3.08. The number of rotatable bonds is 4. The number of nitrogens with zero attached hydrogens (tertiary/aromatic N) is 3. The molecule has 0 aliphatic carbocycles. The van der Waals surface area contributed by atoms with Crippen molar-refractivity contribution in [1.29, 1.82) is 5.41 Å². The maximum absolute atomic E-state index is 7.94. The van der Waals surface area contributed by atoms with Crippen LogP contribution in [0.4, 0.5) is 5.95 Å². The third-order valence-corrected chi connectivity index (χ3v) is 3.40. The van der Waals surface area contributed by atoms with Gasteiger partial charge in [-0.05, 0) is 32.4 Å². The molecule has 5 nitrogen and oxygen atoms in total. The summed E-state index contributed by atoms with van der Waals surface area (Å²) in [7, 11) is 0. The minimum atomic E-state index is 0.371. The average Bonchev–Trinajstić information content (AvgIpc) is 2.78. The largest absolute Gasteiger partial charge is 0.273 e. The number of hydrogen-bond donors (Lipinski definition) is 2. The van der Waals surface area contributed by atoms with E-state index in [0.717, 1.165) is 29.4 Å². The minimum Gasteiger partial charge on any atom is -0.273 e. The molecule has 19 heavy (non-hydrogen) atoms. The van der Waals surface area contributed by atoms with Crippen LogP contribution in [0.5, 0.6) is 0 Å². The molecular weight excluding hydrogens is 258 g/mol. The molecule has 2 N–H and O–H groups in total. The molecule has 0 saturated heterocycles. The van der Waals surface area contributed by atoms with Gasteiger partial charge in [0.25, 0.3) is 0 Å². The molecule has 1 aromatic carbocycles. The lowest BCUT2D eigenvalue weighted by Gasteiger charge is -2.07. The van der Waals surface area contributed by atoms with Crippen LogP contribution in [0.3, 0.4) is 0 Å². The molecule has 0 atom stereocenters. The van der Waals surface area contributed by atoms with Crippen LogP contribution in [0.1, 0.15) is 25.8 Å². The quantitative estimate of drug-likeness (QED) is 0.665. The van der Waals surface area contributed by atoms with Gasteiger partial charge < -0.3 is 0 Å². The second kappa shape index (κ2) is 5.79. The second-order valence-electron chi connectivity index (χ2n) is 4.29. The van der Waals surface area contributed by atoms with Crippen molar-refractivity contribution >= 4 is 23.2 Å². The summed E-state index contributed by atoms with van der Waals surface area (Å²) in [6.45, 7) is 6.04. The van der Waals surface area contributed by atoms with Gasteiger partial charge in [-0.1, -0.05) is 24.6 Å². The van der Waals surface area contributed by atoms with Gasteiger partial charge in [-0.2, -0.15) is 9.47 Å². The van der Waals surface area contributed by atoms with Gasteiger partial charge in [0.05, 0.1) is 5.69 Å². The Hall–Kier alpha value is -1.95. The van der Waals surface area contributed by atoms with E-state index in [2.05, 4.69) is 14.9 Å². The van der Waals surface area contributed by atoms with Crippen LogP contribution in [0.25, 0.3) is 5.69 Å². The lowest BCUT2D eigenvalue weighted by molar-refractivity contribution is 0.955. The monoisotopic (exact) mass is 275 g/mol. The summed E-state index contributed by atoms with van der Waals surface area (Å²) in [6, 6.07) is 7.99. The molecule has 0 bridgehead atoms. The van der Waals surface area contributed by atoms with Crippen molar-refractivity contribution in [3.05, 3.63) is 34.6 Å². The Morgan fingerprint density at radius 3 is 2.74 bits per heavy atom. The summed E-state index contributed by atoms with van der Waals surface area (Å²) in [5.74, 6) is 0.576. The van der Waals surface area contributed by atoms with Crippen molar-refractivity contribution in [3.63, 3.8) is 0 Å². The van der Waals surface area contributed by atoms with E-state index in [0.29, 0.717) is 10.7 Å². The third-order valence-electron chi connectivity index (χ3n) is 2.78. The van der Waals surface area contributed by atoms with Gasteiger partial charge >= 0.3 is 0 Å². The molecule has 100 valence electrons. The second-order valence-corrected chi connectivity index (χ2v) is 5.05. The van der Waals surface area contributed by atoms with Crippen LogP contribution in [0.2, 0.25) is 0 Å². The minimum absolute atomic E-state index is 0.371. The summed E-state index contributed by atoms with van der Waals surface area (Å²) < 4.78 is 5.97. The van der Waals surface area contributed by atoms with E-state index in [1.807, 2.05) is 45.0 Å². The van der Waals surface area contributed by atoms with Gasteiger partial charge in [-0.25, -0.2) is 5.43 Å². The SMILES string of the molecule is CC/C(C)=N/Nc1nsc(=N)n1-c1ccc(C)cc1. The summed E-state index contributed by atoms with van der Waals surface area (Å²) >= 11 is 1.14. The summed E-state index contributed by atoms with van der Waals surface area (Å²) in [6.07, 6.45) is 0.884. The fourth-order valence-electron chi connectivity index (χ4n) is 1.49. The number of hydrogen-bond acceptors (Lipinski definition) is 5. The van der Waals surface area contributed by atoms with E-state index in [4.69, 9.17) is 5.41 Å². The molecule has 0 aliphatic heterocycles. The van der Waals surface area contributed by atoms with Gasteiger partial charge in [0, 0.05) is 17.2 Å². The Balaban J connectivity index is 2.38.